The fourth-order valence-electron chi connectivity index (χ4n) is 1.38. The Kier molecular flexibility index (Phi) is 4.01. The Morgan fingerprint density at radius 2 is 2.38 bits per heavy atom. The average molecular weight is 286 g/mol. The van der Waals surface area contributed by atoms with Crippen LogP contribution in [0.15, 0.2) is 16.7 Å². The minimum atomic E-state index is 0.650. The third-order valence-electron chi connectivity index (χ3n) is 2.47. The number of nitrogen functional groups attached to an aromatic ring is 1. The normalized spacial score (nSPS) is 15.1. The molecule has 1 aliphatic carbocycles. The van der Waals surface area contributed by atoms with Crippen molar-refractivity contribution in [1.82, 2.24) is 4.98 Å². The molecule has 16 heavy (non-hydrogen) atoms. The second-order valence-electron chi connectivity index (χ2n) is 4.04. The van der Waals surface area contributed by atoms with Crippen LogP contribution in [0.2, 0.25) is 0 Å². The molecule has 0 unspecified atom stereocenters. The molecule has 1 heterocycles. The Balaban J connectivity index is 1.67. The molecule has 1 aliphatic rings. The summed E-state index contributed by atoms with van der Waals surface area (Å²) in [5, 5.41) is 3.15. The molecule has 0 bridgehead atoms. The van der Waals surface area contributed by atoms with E-state index < -0.39 is 0 Å². The maximum absolute atomic E-state index is 5.80. The fraction of sp³-hybridized carbons (Fsp3) is 0.545. The van der Waals surface area contributed by atoms with E-state index in [0.717, 1.165) is 29.4 Å². The van der Waals surface area contributed by atoms with Gasteiger partial charge in [0.15, 0.2) is 0 Å². The predicted octanol–water partition coefficient (Wildman–Crippen LogP) is 2.26. The first-order valence-corrected chi connectivity index (χ1v) is 6.27. The van der Waals surface area contributed by atoms with E-state index in [9.17, 15) is 0 Å². The van der Waals surface area contributed by atoms with Gasteiger partial charge in [-0.05, 0) is 40.8 Å². The minimum Gasteiger partial charge on any atom is -0.396 e. The predicted molar refractivity (Wildman–Crippen MR) is 68.4 cm³/mol. The van der Waals surface area contributed by atoms with Crippen LogP contribution in [0, 0.1) is 5.92 Å². The number of ether oxygens (including phenoxy) is 1. The molecule has 0 spiro atoms. The van der Waals surface area contributed by atoms with Crippen molar-refractivity contribution in [2.45, 2.75) is 12.8 Å². The van der Waals surface area contributed by atoms with E-state index in [-0.39, 0.29) is 0 Å². The molecule has 1 fully saturated rings. The van der Waals surface area contributed by atoms with Crippen LogP contribution < -0.4 is 11.1 Å². The zero-order chi connectivity index (χ0) is 11.4. The number of anilines is 2. The molecule has 0 aliphatic heterocycles. The molecule has 0 saturated heterocycles. The monoisotopic (exact) mass is 285 g/mol. The summed E-state index contributed by atoms with van der Waals surface area (Å²) in [6.07, 6.45) is 4.38. The van der Waals surface area contributed by atoms with Crippen LogP contribution in [0.3, 0.4) is 0 Å². The van der Waals surface area contributed by atoms with Crippen LogP contribution >= 0.6 is 15.9 Å². The standard InChI is InChI=1S/C11H16BrN3O/c12-9-5-10(13)11(15-6-9)14-3-4-16-7-8-1-2-8/h5-6,8H,1-4,7,13H2,(H,14,15). The van der Waals surface area contributed by atoms with E-state index >= 15 is 0 Å². The highest BCUT2D eigenvalue weighted by Crippen LogP contribution is 2.28. The minimum absolute atomic E-state index is 0.650. The second kappa shape index (κ2) is 5.50. The van der Waals surface area contributed by atoms with Crippen LogP contribution in [-0.4, -0.2) is 24.7 Å². The quantitative estimate of drug-likeness (QED) is 0.788. The van der Waals surface area contributed by atoms with Gasteiger partial charge in [0, 0.05) is 23.8 Å². The van der Waals surface area contributed by atoms with E-state index in [1.54, 1.807) is 6.20 Å². The lowest BCUT2D eigenvalue weighted by molar-refractivity contribution is 0.134. The number of nitrogens with two attached hydrogens (primary N) is 1. The summed E-state index contributed by atoms with van der Waals surface area (Å²) >= 11 is 3.32. The van der Waals surface area contributed by atoms with Crippen molar-refractivity contribution in [1.29, 1.82) is 0 Å². The largest absolute Gasteiger partial charge is 0.396 e. The van der Waals surface area contributed by atoms with Crippen molar-refractivity contribution in [2.24, 2.45) is 5.92 Å². The number of rotatable bonds is 6. The number of aromatic nitrogens is 1. The lowest BCUT2D eigenvalue weighted by Crippen LogP contribution is -2.12. The molecule has 2 rings (SSSR count). The SMILES string of the molecule is Nc1cc(Br)cnc1NCCOCC1CC1. The number of hydrogen-bond acceptors (Lipinski definition) is 4. The number of nitrogens with zero attached hydrogens (tertiary/aromatic N) is 1. The zero-order valence-corrected chi connectivity index (χ0v) is 10.7. The first-order valence-electron chi connectivity index (χ1n) is 5.48. The van der Waals surface area contributed by atoms with Gasteiger partial charge in [-0.15, -0.1) is 0 Å². The maximum atomic E-state index is 5.80. The molecule has 0 amide bonds. The van der Waals surface area contributed by atoms with E-state index in [2.05, 4.69) is 26.2 Å². The van der Waals surface area contributed by atoms with E-state index in [1.165, 1.54) is 12.8 Å². The molecule has 5 heteroatoms. The fourth-order valence-corrected chi connectivity index (χ4v) is 1.73. The maximum Gasteiger partial charge on any atom is 0.149 e. The molecule has 3 N–H and O–H groups in total. The van der Waals surface area contributed by atoms with Gasteiger partial charge in [-0.25, -0.2) is 4.98 Å². The Labute approximate surface area is 104 Å². The summed E-state index contributed by atoms with van der Waals surface area (Å²) in [6.45, 7) is 2.34. The molecular weight excluding hydrogens is 270 g/mol. The lowest BCUT2D eigenvalue weighted by atomic mass is 10.4. The summed E-state index contributed by atoms with van der Waals surface area (Å²) in [6, 6.07) is 1.83. The van der Waals surface area contributed by atoms with Crippen LogP contribution in [-0.2, 0) is 4.74 Å². The van der Waals surface area contributed by atoms with Gasteiger partial charge in [0.05, 0.1) is 12.3 Å². The van der Waals surface area contributed by atoms with Gasteiger partial charge in [0.25, 0.3) is 0 Å². The van der Waals surface area contributed by atoms with Gasteiger partial charge in [0.1, 0.15) is 5.82 Å². The van der Waals surface area contributed by atoms with Gasteiger partial charge in [0.2, 0.25) is 0 Å². The first-order chi connectivity index (χ1) is 7.75. The van der Waals surface area contributed by atoms with Crippen molar-refractivity contribution >= 4 is 27.4 Å². The lowest BCUT2D eigenvalue weighted by Gasteiger charge is -2.08. The van der Waals surface area contributed by atoms with Crippen LogP contribution in [0.4, 0.5) is 11.5 Å². The van der Waals surface area contributed by atoms with Gasteiger partial charge in [-0.1, -0.05) is 0 Å². The summed E-state index contributed by atoms with van der Waals surface area (Å²) in [4.78, 5) is 4.18. The van der Waals surface area contributed by atoms with E-state index in [4.69, 9.17) is 10.5 Å². The van der Waals surface area contributed by atoms with Crippen molar-refractivity contribution < 1.29 is 4.74 Å². The Morgan fingerprint density at radius 3 is 3.06 bits per heavy atom. The van der Waals surface area contributed by atoms with E-state index in [1.807, 2.05) is 6.07 Å². The molecule has 0 atom stereocenters. The third kappa shape index (κ3) is 3.64. The summed E-state index contributed by atoms with van der Waals surface area (Å²) in [5.74, 6) is 1.54. The van der Waals surface area contributed by atoms with E-state index in [0.29, 0.717) is 12.3 Å². The van der Waals surface area contributed by atoms with Gasteiger partial charge in [-0.2, -0.15) is 0 Å². The molecule has 1 aromatic heterocycles. The van der Waals surface area contributed by atoms with Crippen molar-refractivity contribution in [2.75, 3.05) is 30.8 Å². The molecule has 0 aromatic carbocycles. The van der Waals surface area contributed by atoms with Crippen LogP contribution in [0.25, 0.3) is 0 Å². The second-order valence-corrected chi connectivity index (χ2v) is 4.95. The number of nitrogens with one attached hydrogen (secondary N) is 1. The van der Waals surface area contributed by atoms with Crippen molar-refractivity contribution in [3.63, 3.8) is 0 Å². The number of pyridine rings is 1. The molecule has 88 valence electrons. The molecule has 0 radical (unpaired) electrons. The molecule has 1 saturated carbocycles. The highest BCUT2D eigenvalue weighted by Gasteiger charge is 2.20. The smallest absolute Gasteiger partial charge is 0.149 e. The van der Waals surface area contributed by atoms with Crippen molar-refractivity contribution in [3.05, 3.63) is 16.7 Å². The zero-order valence-electron chi connectivity index (χ0n) is 9.08. The van der Waals surface area contributed by atoms with Crippen molar-refractivity contribution in [3.8, 4) is 0 Å². The highest BCUT2D eigenvalue weighted by atomic mass is 79.9. The average Bonchev–Trinajstić information content (AvgIpc) is 3.04. The number of halogens is 1. The summed E-state index contributed by atoms with van der Waals surface area (Å²) < 4.78 is 6.39. The summed E-state index contributed by atoms with van der Waals surface area (Å²) in [5.41, 5.74) is 6.45. The first kappa shape index (κ1) is 11.7. The van der Waals surface area contributed by atoms with Gasteiger partial charge in [-0.3, -0.25) is 0 Å². The Hall–Kier alpha value is -0.810. The van der Waals surface area contributed by atoms with Crippen LogP contribution in [0.1, 0.15) is 12.8 Å². The van der Waals surface area contributed by atoms with Gasteiger partial charge < -0.3 is 15.8 Å². The Morgan fingerprint density at radius 1 is 1.56 bits per heavy atom. The van der Waals surface area contributed by atoms with Crippen LogP contribution in [0.5, 0.6) is 0 Å². The molecule has 1 aromatic rings. The highest BCUT2D eigenvalue weighted by molar-refractivity contribution is 9.10. The van der Waals surface area contributed by atoms with Gasteiger partial charge >= 0.3 is 0 Å². The summed E-state index contributed by atoms with van der Waals surface area (Å²) in [7, 11) is 0. The molecular formula is C11H16BrN3O. The third-order valence-corrected chi connectivity index (χ3v) is 2.91. The number of hydrogen-bond donors (Lipinski definition) is 2. The molecule has 4 nitrogen and oxygen atoms in total. The topological polar surface area (TPSA) is 60.2 Å². The Bertz CT molecular complexity index is 355.